The molecule has 3 N–H and O–H groups in total. The number of carbonyl (C=O) groups excluding carboxylic acids is 1. The topological polar surface area (TPSA) is 98.5 Å². The number of benzene rings is 2. The van der Waals surface area contributed by atoms with Crippen LogP contribution in [0.2, 0.25) is 0 Å². The highest BCUT2D eigenvalue weighted by atomic mass is 79.9. The van der Waals surface area contributed by atoms with Gasteiger partial charge in [0.25, 0.3) is 5.91 Å². The molecule has 8 heteroatoms. The zero-order valence-corrected chi connectivity index (χ0v) is 16.2. The van der Waals surface area contributed by atoms with E-state index in [0.717, 1.165) is 0 Å². The summed E-state index contributed by atoms with van der Waals surface area (Å²) in [7, 11) is -3.90. The Labute approximate surface area is 155 Å². The van der Waals surface area contributed by atoms with Gasteiger partial charge in [0.15, 0.2) is 0 Å². The van der Waals surface area contributed by atoms with Gasteiger partial charge in [0.05, 0.1) is 22.8 Å². The molecule has 0 fully saturated rings. The van der Waals surface area contributed by atoms with Crippen LogP contribution in [0.1, 0.15) is 24.2 Å². The summed E-state index contributed by atoms with van der Waals surface area (Å²) in [6.07, 6.45) is 0. The van der Waals surface area contributed by atoms with E-state index in [4.69, 9.17) is 9.88 Å². The number of carbonyl (C=O) groups is 1. The highest BCUT2D eigenvalue weighted by Crippen LogP contribution is 2.27. The van der Waals surface area contributed by atoms with Crippen LogP contribution in [0.5, 0.6) is 5.75 Å². The van der Waals surface area contributed by atoms with Crippen molar-refractivity contribution in [3.05, 3.63) is 52.5 Å². The maximum absolute atomic E-state index is 12.6. The minimum absolute atomic E-state index is 0.134. The maximum atomic E-state index is 12.6. The summed E-state index contributed by atoms with van der Waals surface area (Å²) in [6, 6.07) is 11.1. The number of primary sulfonamides is 1. The molecule has 2 rings (SSSR count). The number of rotatable bonds is 6. The van der Waals surface area contributed by atoms with E-state index in [9.17, 15) is 13.2 Å². The number of anilines is 1. The molecule has 1 amide bonds. The van der Waals surface area contributed by atoms with E-state index < -0.39 is 15.9 Å². The number of para-hydroxylation sites is 2. The fourth-order valence-corrected chi connectivity index (χ4v) is 2.96. The third-order valence-corrected chi connectivity index (χ3v) is 4.82. The molecule has 0 spiro atoms. The average molecular weight is 427 g/mol. The molecule has 2 aromatic carbocycles. The minimum atomic E-state index is -3.90. The summed E-state index contributed by atoms with van der Waals surface area (Å²) < 4.78 is 29.1. The third kappa shape index (κ3) is 5.29. The van der Waals surface area contributed by atoms with Gasteiger partial charge in [-0.3, -0.25) is 4.79 Å². The Kier molecular flexibility index (Phi) is 6.21. The van der Waals surface area contributed by atoms with Crippen LogP contribution < -0.4 is 15.2 Å². The minimum Gasteiger partial charge on any atom is -0.491 e. The summed E-state index contributed by atoms with van der Waals surface area (Å²) in [6.45, 7) is 4.56. The number of halogens is 1. The Bertz CT molecular complexity index is 882. The van der Waals surface area contributed by atoms with Crippen molar-refractivity contribution in [3.63, 3.8) is 0 Å². The summed E-state index contributed by atoms with van der Waals surface area (Å²) in [5, 5.41) is 7.87. The molecule has 0 aromatic heterocycles. The number of sulfonamides is 1. The first-order chi connectivity index (χ1) is 11.7. The first kappa shape index (κ1) is 19.4. The first-order valence-corrected chi connectivity index (χ1v) is 9.88. The van der Waals surface area contributed by atoms with Crippen molar-refractivity contribution in [3.8, 4) is 5.75 Å². The lowest BCUT2D eigenvalue weighted by molar-refractivity contribution is 0.102. The second-order valence-corrected chi connectivity index (χ2v) is 8.26. The molecule has 2 aromatic rings. The number of nitrogens with two attached hydrogens (primary N) is 1. The van der Waals surface area contributed by atoms with E-state index in [2.05, 4.69) is 21.2 Å². The van der Waals surface area contributed by atoms with Crippen LogP contribution in [-0.2, 0) is 10.0 Å². The third-order valence-electron chi connectivity index (χ3n) is 3.22. The van der Waals surface area contributed by atoms with Crippen LogP contribution in [0.15, 0.2) is 51.8 Å². The highest BCUT2D eigenvalue weighted by Gasteiger charge is 2.17. The molecule has 0 aliphatic heterocycles. The Morgan fingerprint density at radius 1 is 1.24 bits per heavy atom. The summed E-state index contributed by atoms with van der Waals surface area (Å²) in [4.78, 5) is 12.4. The molecule has 0 aliphatic carbocycles. The number of nitrogens with one attached hydrogen (secondary N) is 1. The van der Waals surface area contributed by atoms with Gasteiger partial charge in [-0.15, -0.1) is 0 Å². The highest BCUT2D eigenvalue weighted by molar-refractivity contribution is 9.10. The van der Waals surface area contributed by atoms with Gasteiger partial charge in [-0.1, -0.05) is 26.0 Å². The van der Waals surface area contributed by atoms with Crippen molar-refractivity contribution >= 4 is 37.5 Å². The predicted octanol–water partition coefficient (Wildman–Crippen LogP) is 3.38. The number of hydrogen-bond donors (Lipinski definition) is 2. The van der Waals surface area contributed by atoms with E-state index in [0.29, 0.717) is 28.4 Å². The molecule has 6 nitrogen and oxygen atoms in total. The molecule has 0 saturated carbocycles. The monoisotopic (exact) mass is 426 g/mol. The van der Waals surface area contributed by atoms with Crippen molar-refractivity contribution in [2.45, 2.75) is 18.7 Å². The smallest absolute Gasteiger partial charge is 0.256 e. The quantitative estimate of drug-likeness (QED) is 0.739. The van der Waals surface area contributed by atoms with Gasteiger partial charge in [-0.25, -0.2) is 13.6 Å². The van der Waals surface area contributed by atoms with Gasteiger partial charge in [-0.05, 0) is 52.2 Å². The lowest BCUT2D eigenvalue weighted by Crippen LogP contribution is -2.17. The number of hydrogen-bond acceptors (Lipinski definition) is 4. The van der Waals surface area contributed by atoms with Gasteiger partial charge in [-0.2, -0.15) is 0 Å². The molecule has 0 saturated heterocycles. The standard InChI is InChI=1S/C17H19BrN2O4S/c1-11(2)10-24-16-6-4-3-5-15(16)20-17(21)13-9-12(25(19,22)23)7-8-14(13)18/h3-9,11H,10H2,1-2H3,(H,20,21)(H2,19,22,23). The Hall–Kier alpha value is -1.90. The van der Waals surface area contributed by atoms with E-state index in [1.807, 2.05) is 19.9 Å². The van der Waals surface area contributed by atoms with Gasteiger partial charge in [0, 0.05) is 4.47 Å². The summed E-state index contributed by atoms with van der Waals surface area (Å²) in [5.41, 5.74) is 0.659. The van der Waals surface area contributed by atoms with Crippen LogP contribution in [0.4, 0.5) is 5.69 Å². The molecule has 0 unspecified atom stereocenters. The van der Waals surface area contributed by atoms with E-state index in [-0.39, 0.29) is 10.5 Å². The van der Waals surface area contributed by atoms with Crippen molar-refractivity contribution in [1.82, 2.24) is 0 Å². The predicted molar refractivity (Wildman–Crippen MR) is 100 cm³/mol. The average Bonchev–Trinajstić information content (AvgIpc) is 2.53. The molecule has 0 radical (unpaired) electrons. The zero-order valence-electron chi connectivity index (χ0n) is 13.8. The van der Waals surface area contributed by atoms with Gasteiger partial charge >= 0.3 is 0 Å². The van der Waals surface area contributed by atoms with Crippen LogP contribution in [0.3, 0.4) is 0 Å². The molecule has 0 aliphatic rings. The van der Waals surface area contributed by atoms with Crippen molar-refractivity contribution in [2.24, 2.45) is 11.1 Å². The van der Waals surface area contributed by atoms with Crippen LogP contribution >= 0.6 is 15.9 Å². The molecule has 0 heterocycles. The molecule has 134 valence electrons. The lowest BCUT2D eigenvalue weighted by Gasteiger charge is -2.14. The second-order valence-electron chi connectivity index (χ2n) is 5.84. The van der Waals surface area contributed by atoms with Crippen molar-refractivity contribution in [2.75, 3.05) is 11.9 Å². The summed E-state index contributed by atoms with van der Waals surface area (Å²) in [5.74, 6) is 0.408. The van der Waals surface area contributed by atoms with E-state index in [1.54, 1.807) is 18.2 Å². The van der Waals surface area contributed by atoms with Crippen molar-refractivity contribution in [1.29, 1.82) is 0 Å². The SMILES string of the molecule is CC(C)COc1ccccc1NC(=O)c1cc(S(N)(=O)=O)ccc1Br. The number of amides is 1. The molecule has 0 bridgehead atoms. The van der Waals surface area contributed by atoms with E-state index in [1.165, 1.54) is 18.2 Å². The fourth-order valence-electron chi connectivity index (χ4n) is 2.00. The summed E-state index contributed by atoms with van der Waals surface area (Å²) >= 11 is 3.25. The first-order valence-electron chi connectivity index (χ1n) is 7.54. The van der Waals surface area contributed by atoms with Crippen LogP contribution in [-0.4, -0.2) is 20.9 Å². The second kappa shape index (κ2) is 7.99. The molecular formula is C17H19BrN2O4S. The maximum Gasteiger partial charge on any atom is 0.256 e. The normalized spacial score (nSPS) is 11.4. The Morgan fingerprint density at radius 2 is 1.92 bits per heavy atom. The van der Waals surface area contributed by atoms with Crippen molar-refractivity contribution < 1.29 is 17.9 Å². The van der Waals surface area contributed by atoms with Gasteiger partial charge in [0.1, 0.15) is 5.75 Å². The largest absolute Gasteiger partial charge is 0.491 e. The lowest BCUT2D eigenvalue weighted by atomic mass is 10.2. The van der Waals surface area contributed by atoms with Gasteiger partial charge < -0.3 is 10.1 Å². The van der Waals surface area contributed by atoms with E-state index >= 15 is 0 Å². The molecule has 0 atom stereocenters. The molecular weight excluding hydrogens is 408 g/mol. The van der Waals surface area contributed by atoms with Gasteiger partial charge in [0.2, 0.25) is 10.0 Å². The fraction of sp³-hybridized carbons (Fsp3) is 0.235. The molecule has 25 heavy (non-hydrogen) atoms. The van der Waals surface area contributed by atoms with Crippen LogP contribution in [0, 0.1) is 5.92 Å². The Balaban J connectivity index is 2.29. The van der Waals surface area contributed by atoms with Crippen LogP contribution in [0.25, 0.3) is 0 Å². The number of ether oxygens (including phenoxy) is 1. The zero-order chi connectivity index (χ0) is 18.6. The Morgan fingerprint density at radius 3 is 2.56 bits per heavy atom.